The van der Waals surface area contributed by atoms with Crippen molar-refractivity contribution in [3.8, 4) is 17.2 Å². The molecule has 0 saturated heterocycles. The van der Waals surface area contributed by atoms with Crippen molar-refractivity contribution in [3.63, 3.8) is 0 Å². The highest BCUT2D eigenvalue weighted by atomic mass is 35.5. The average molecular weight is 520 g/mol. The highest BCUT2D eigenvalue weighted by molar-refractivity contribution is 6.32. The number of carbonyl (C=O) groups excluding carboxylic acids is 1. The number of fused-ring (bicyclic) bond motifs is 1. The molecule has 0 bridgehead atoms. The smallest absolute Gasteiger partial charge is 0.449 e. The summed E-state index contributed by atoms with van der Waals surface area (Å²) < 4.78 is 56.6. The summed E-state index contributed by atoms with van der Waals surface area (Å²) >= 11 is 5.72. The number of carbonyl (C=O) groups is 1. The van der Waals surface area contributed by atoms with Crippen LogP contribution in [0.4, 0.5) is 18.9 Å². The molecule has 0 amide bonds. The van der Waals surface area contributed by atoms with Crippen molar-refractivity contribution in [3.05, 3.63) is 103 Å². The molecule has 0 saturated carbocycles. The number of benzene rings is 3. The van der Waals surface area contributed by atoms with E-state index in [1.54, 1.807) is 19.1 Å². The lowest BCUT2D eigenvalue weighted by atomic mass is 10.2. The molecule has 3 aromatic carbocycles. The Morgan fingerprint density at radius 1 is 1.06 bits per heavy atom. The topological polar surface area (TPSA) is 109 Å². The Morgan fingerprint density at radius 3 is 2.47 bits per heavy atom. The molecule has 1 heterocycles. The summed E-state index contributed by atoms with van der Waals surface area (Å²) in [6.45, 7) is 1.70. The van der Waals surface area contributed by atoms with E-state index in [-0.39, 0.29) is 27.5 Å². The number of hydrogen-bond acceptors (Lipinski definition) is 7. The van der Waals surface area contributed by atoms with Crippen LogP contribution in [0, 0.1) is 17.0 Å². The molecular formula is C24H13ClF3NO7. The zero-order chi connectivity index (χ0) is 26.2. The third-order valence-electron chi connectivity index (χ3n) is 4.88. The molecule has 8 nitrogen and oxygen atoms in total. The SMILES string of the molecule is Cc1cccc(Oc2c(C(F)(F)F)oc3cc(OC(=O)c4ccc(Cl)c([N+](=O)[O-])c4)ccc3c2=O)c1. The molecule has 0 aliphatic rings. The maximum atomic E-state index is 13.7. The Balaban J connectivity index is 1.73. The fourth-order valence-electron chi connectivity index (χ4n) is 3.24. The van der Waals surface area contributed by atoms with Crippen LogP contribution in [0.3, 0.4) is 0 Å². The Hall–Kier alpha value is -4.38. The zero-order valence-electron chi connectivity index (χ0n) is 18.1. The summed E-state index contributed by atoms with van der Waals surface area (Å²) in [6, 6.07) is 12.5. The maximum absolute atomic E-state index is 13.7. The first-order chi connectivity index (χ1) is 16.9. The lowest BCUT2D eigenvalue weighted by Crippen LogP contribution is -2.15. The molecule has 0 radical (unpaired) electrons. The van der Waals surface area contributed by atoms with Gasteiger partial charge in [0, 0.05) is 12.1 Å². The minimum atomic E-state index is -5.08. The molecule has 0 unspecified atom stereocenters. The third kappa shape index (κ3) is 5.01. The van der Waals surface area contributed by atoms with Gasteiger partial charge in [-0.25, -0.2) is 4.79 Å². The molecule has 0 aliphatic carbocycles. The summed E-state index contributed by atoms with van der Waals surface area (Å²) in [7, 11) is 0. The summed E-state index contributed by atoms with van der Waals surface area (Å²) in [4.78, 5) is 35.6. The fraction of sp³-hybridized carbons (Fsp3) is 0.0833. The van der Waals surface area contributed by atoms with Gasteiger partial charge in [0.2, 0.25) is 11.2 Å². The van der Waals surface area contributed by atoms with Gasteiger partial charge in [0.1, 0.15) is 22.1 Å². The van der Waals surface area contributed by atoms with Crippen LogP contribution in [0.15, 0.2) is 69.9 Å². The second kappa shape index (κ2) is 9.34. The molecule has 4 aromatic rings. The first kappa shape index (κ1) is 24.7. The van der Waals surface area contributed by atoms with Crippen LogP contribution in [-0.4, -0.2) is 10.9 Å². The van der Waals surface area contributed by atoms with Gasteiger partial charge >= 0.3 is 12.1 Å². The second-order valence-electron chi connectivity index (χ2n) is 7.48. The first-order valence-electron chi connectivity index (χ1n) is 10.0. The molecule has 0 atom stereocenters. The van der Waals surface area contributed by atoms with E-state index < -0.39 is 45.3 Å². The Kier molecular flexibility index (Phi) is 6.42. The highest BCUT2D eigenvalue weighted by Gasteiger charge is 2.40. The van der Waals surface area contributed by atoms with Gasteiger partial charge in [-0.05, 0) is 48.9 Å². The van der Waals surface area contributed by atoms with Crippen molar-refractivity contribution < 1.29 is 36.8 Å². The highest BCUT2D eigenvalue weighted by Crippen LogP contribution is 2.39. The van der Waals surface area contributed by atoms with Gasteiger partial charge < -0.3 is 13.9 Å². The van der Waals surface area contributed by atoms with E-state index in [1.165, 1.54) is 18.2 Å². The van der Waals surface area contributed by atoms with Gasteiger partial charge in [-0.2, -0.15) is 13.2 Å². The number of esters is 1. The van der Waals surface area contributed by atoms with Gasteiger partial charge in [-0.1, -0.05) is 23.7 Å². The Labute approximate surface area is 204 Å². The largest absolute Gasteiger partial charge is 0.453 e. The minimum absolute atomic E-state index is 0.00904. The molecule has 0 spiro atoms. The van der Waals surface area contributed by atoms with Crippen molar-refractivity contribution in [2.75, 3.05) is 0 Å². The van der Waals surface area contributed by atoms with Crippen LogP contribution in [0.2, 0.25) is 5.02 Å². The van der Waals surface area contributed by atoms with Crippen LogP contribution in [0.5, 0.6) is 17.2 Å². The number of nitro groups is 1. The van der Waals surface area contributed by atoms with Crippen LogP contribution in [0.1, 0.15) is 21.7 Å². The van der Waals surface area contributed by atoms with Crippen molar-refractivity contribution in [2.24, 2.45) is 0 Å². The number of nitrogens with zero attached hydrogens (tertiary/aromatic N) is 1. The lowest BCUT2D eigenvalue weighted by molar-refractivity contribution is -0.384. The van der Waals surface area contributed by atoms with Crippen LogP contribution in [0.25, 0.3) is 11.0 Å². The summed E-state index contributed by atoms with van der Waals surface area (Å²) in [5.41, 5.74) is -1.67. The van der Waals surface area contributed by atoms with Gasteiger partial charge in [-0.3, -0.25) is 14.9 Å². The van der Waals surface area contributed by atoms with E-state index in [9.17, 15) is 32.9 Å². The lowest BCUT2D eigenvalue weighted by Gasteiger charge is -2.14. The van der Waals surface area contributed by atoms with E-state index in [2.05, 4.69) is 0 Å². The van der Waals surface area contributed by atoms with E-state index in [4.69, 9.17) is 25.5 Å². The van der Waals surface area contributed by atoms with Gasteiger partial charge in [0.25, 0.3) is 11.4 Å². The quantitative estimate of drug-likeness (QED) is 0.125. The van der Waals surface area contributed by atoms with E-state index in [0.29, 0.717) is 5.56 Å². The first-order valence-corrected chi connectivity index (χ1v) is 10.4. The Bertz CT molecular complexity index is 1580. The standard InChI is InChI=1S/C24H13ClF3NO7/c1-12-3-2-4-14(9-12)34-21-20(30)16-7-6-15(11-19(16)36-22(21)24(26,27)28)35-23(31)13-5-8-17(25)18(10-13)29(32)33/h2-11H,1H3. The summed E-state index contributed by atoms with van der Waals surface area (Å²) in [5.74, 6) is -4.02. The molecule has 12 heteroatoms. The molecule has 184 valence electrons. The molecule has 1 aromatic heterocycles. The van der Waals surface area contributed by atoms with Crippen molar-refractivity contribution in [2.45, 2.75) is 13.1 Å². The fourth-order valence-corrected chi connectivity index (χ4v) is 3.43. The number of nitro benzene ring substituents is 1. The molecule has 4 rings (SSSR count). The molecule has 36 heavy (non-hydrogen) atoms. The number of rotatable bonds is 5. The van der Waals surface area contributed by atoms with Crippen LogP contribution >= 0.6 is 11.6 Å². The van der Waals surface area contributed by atoms with Gasteiger partial charge in [0.05, 0.1) is 15.9 Å². The van der Waals surface area contributed by atoms with E-state index in [1.807, 2.05) is 0 Å². The van der Waals surface area contributed by atoms with Crippen LogP contribution < -0.4 is 14.9 Å². The molecular weight excluding hydrogens is 507 g/mol. The van der Waals surface area contributed by atoms with Crippen molar-refractivity contribution in [1.82, 2.24) is 0 Å². The number of hydrogen-bond donors (Lipinski definition) is 0. The third-order valence-corrected chi connectivity index (χ3v) is 5.20. The number of ether oxygens (including phenoxy) is 2. The number of halogens is 4. The number of alkyl halides is 3. The summed E-state index contributed by atoms with van der Waals surface area (Å²) in [6.07, 6.45) is -5.08. The maximum Gasteiger partial charge on any atom is 0.453 e. The van der Waals surface area contributed by atoms with Crippen molar-refractivity contribution in [1.29, 1.82) is 0 Å². The normalized spacial score (nSPS) is 11.4. The van der Waals surface area contributed by atoms with Crippen molar-refractivity contribution >= 4 is 34.2 Å². The van der Waals surface area contributed by atoms with Gasteiger partial charge in [0.15, 0.2) is 0 Å². The van der Waals surface area contributed by atoms with E-state index >= 15 is 0 Å². The minimum Gasteiger partial charge on any atom is -0.449 e. The molecule has 0 N–H and O–H groups in total. The molecule has 0 fully saturated rings. The molecule has 0 aliphatic heterocycles. The van der Waals surface area contributed by atoms with Gasteiger partial charge in [-0.15, -0.1) is 0 Å². The van der Waals surface area contributed by atoms with E-state index in [0.717, 1.165) is 30.3 Å². The monoisotopic (exact) mass is 519 g/mol. The zero-order valence-corrected chi connectivity index (χ0v) is 18.8. The second-order valence-corrected chi connectivity index (χ2v) is 7.88. The average Bonchev–Trinajstić information content (AvgIpc) is 2.80. The Morgan fingerprint density at radius 2 is 1.81 bits per heavy atom. The predicted molar refractivity (Wildman–Crippen MR) is 122 cm³/mol. The van der Waals surface area contributed by atoms with Crippen LogP contribution in [-0.2, 0) is 6.18 Å². The predicted octanol–water partition coefficient (Wildman–Crippen LogP) is 6.69. The summed E-state index contributed by atoms with van der Waals surface area (Å²) in [5, 5.41) is 10.6. The number of aryl methyl sites for hydroxylation is 1.